The molecule has 0 fully saturated rings. The molecule has 7 nitrogen and oxygen atoms in total. The smallest absolute Gasteiger partial charge is 0.413 e. The van der Waals surface area contributed by atoms with Gasteiger partial charge in [-0.25, -0.2) is 18.7 Å². The van der Waals surface area contributed by atoms with E-state index in [1.807, 2.05) is 26.0 Å². The molecule has 0 atom stereocenters. The molecule has 1 aromatic heterocycles. The van der Waals surface area contributed by atoms with Crippen molar-refractivity contribution >= 4 is 33.5 Å². The van der Waals surface area contributed by atoms with E-state index in [1.165, 1.54) is 12.1 Å². The van der Waals surface area contributed by atoms with E-state index in [9.17, 15) is 9.18 Å². The SMILES string of the molecule is [C-]#[N+]c1ccc(-c2cc(NC(=O)OC(C)(C)C)nn2-c2ccc(Br)cc2OC(C)C)cc1F. The average Bonchev–Trinajstić information content (AvgIpc) is 3.09. The Morgan fingerprint density at radius 2 is 1.94 bits per heavy atom. The van der Waals surface area contributed by atoms with Crippen molar-refractivity contribution in [2.75, 3.05) is 5.32 Å². The number of carbonyl (C=O) groups is 1. The molecule has 0 aliphatic heterocycles. The first kappa shape index (κ1) is 24.3. The summed E-state index contributed by atoms with van der Waals surface area (Å²) in [6.07, 6.45) is -0.769. The van der Waals surface area contributed by atoms with Gasteiger partial charge in [0.1, 0.15) is 22.9 Å². The highest BCUT2D eigenvalue weighted by Gasteiger charge is 2.21. The summed E-state index contributed by atoms with van der Waals surface area (Å²) in [5.74, 6) is 0.115. The van der Waals surface area contributed by atoms with Crippen LogP contribution in [-0.4, -0.2) is 27.6 Å². The van der Waals surface area contributed by atoms with E-state index in [0.717, 1.165) is 4.47 Å². The highest BCUT2D eigenvalue weighted by atomic mass is 79.9. The maximum absolute atomic E-state index is 14.4. The summed E-state index contributed by atoms with van der Waals surface area (Å²) in [6.45, 7) is 16.2. The summed E-state index contributed by atoms with van der Waals surface area (Å²) in [4.78, 5) is 15.5. The topological polar surface area (TPSA) is 69.7 Å². The van der Waals surface area contributed by atoms with Crippen molar-refractivity contribution in [2.24, 2.45) is 0 Å². The van der Waals surface area contributed by atoms with Gasteiger partial charge in [-0.1, -0.05) is 28.1 Å². The molecular weight excluding hydrogens is 491 g/mol. The molecule has 0 saturated carbocycles. The molecule has 1 heterocycles. The van der Waals surface area contributed by atoms with Crippen molar-refractivity contribution in [3.63, 3.8) is 0 Å². The van der Waals surface area contributed by atoms with E-state index in [0.29, 0.717) is 22.7 Å². The summed E-state index contributed by atoms with van der Waals surface area (Å²) < 4.78 is 28.1. The minimum absolute atomic E-state index is 0.0793. The molecule has 2 aromatic carbocycles. The molecule has 1 amide bonds. The van der Waals surface area contributed by atoms with Crippen LogP contribution in [0.4, 0.5) is 20.7 Å². The van der Waals surface area contributed by atoms with Crippen molar-refractivity contribution in [1.82, 2.24) is 9.78 Å². The lowest BCUT2D eigenvalue weighted by Gasteiger charge is -2.19. The predicted octanol–water partition coefficient (Wildman–Crippen LogP) is 7.13. The highest BCUT2D eigenvalue weighted by Crippen LogP contribution is 2.34. The molecule has 33 heavy (non-hydrogen) atoms. The van der Waals surface area contributed by atoms with E-state index >= 15 is 0 Å². The van der Waals surface area contributed by atoms with Crippen molar-refractivity contribution < 1.29 is 18.7 Å². The van der Waals surface area contributed by atoms with Gasteiger partial charge in [-0.2, -0.15) is 0 Å². The third-order valence-electron chi connectivity index (χ3n) is 4.21. The minimum Gasteiger partial charge on any atom is -0.489 e. The summed E-state index contributed by atoms with van der Waals surface area (Å²) in [6, 6.07) is 11.4. The molecule has 0 aliphatic rings. The number of hydrogen-bond donors (Lipinski definition) is 1. The second kappa shape index (κ2) is 9.63. The average molecular weight is 515 g/mol. The number of ether oxygens (including phenoxy) is 2. The van der Waals surface area contributed by atoms with Crippen LogP contribution in [0.2, 0.25) is 0 Å². The van der Waals surface area contributed by atoms with E-state index in [1.54, 1.807) is 43.7 Å². The number of nitrogens with one attached hydrogen (secondary N) is 1. The molecule has 0 saturated heterocycles. The lowest BCUT2D eigenvalue weighted by atomic mass is 10.1. The lowest BCUT2D eigenvalue weighted by Crippen LogP contribution is -2.27. The number of hydrogen-bond acceptors (Lipinski definition) is 4. The normalized spacial score (nSPS) is 11.2. The van der Waals surface area contributed by atoms with Gasteiger partial charge in [-0.05, 0) is 58.9 Å². The van der Waals surface area contributed by atoms with Crippen molar-refractivity contribution in [3.8, 4) is 22.7 Å². The molecule has 9 heteroatoms. The molecule has 0 unspecified atom stereocenters. The minimum atomic E-state index is -0.682. The van der Waals surface area contributed by atoms with E-state index in [4.69, 9.17) is 16.0 Å². The Hall–Kier alpha value is -3.38. The van der Waals surface area contributed by atoms with Crippen LogP contribution in [0.3, 0.4) is 0 Å². The number of rotatable bonds is 5. The third kappa shape index (κ3) is 6.11. The zero-order valence-corrected chi connectivity index (χ0v) is 20.5. The number of aromatic nitrogens is 2. The number of nitrogens with zero attached hydrogens (tertiary/aromatic N) is 3. The number of halogens is 2. The fourth-order valence-electron chi connectivity index (χ4n) is 3.01. The molecule has 3 rings (SSSR count). The van der Waals surface area contributed by atoms with E-state index in [-0.39, 0.29) is 17.6 Å². The van der Waals surface area contributed by atoms with Gasteiger partial charge in [-0.3, -0.25) is 5.32 Å². The van der Waals surface area contributed by atoms with Crippen molar-refractivity contribution in [2.45, 2.75) is 46.3 Å². The molecular formula is C24H24BrFN4O3. The molecule has 1 N–H and O–H groups in total. The highest BCUT2D eigenvalue weighted by molar-refractivity contribution is 9.10. The first-order valence-corrected chi connectivity index (χ1v) is 11.0. The van der Waals surface area contributed by atoms with Crippen LogP contribution in [0.1, 0.15) is 34.6 Å². The van der Waals surface area contributed by atoms with Gasteiger partial charge in [0.15, 0.2) is 5.82 Å². The van der Waals surface area contributed by atoms with Gasteiger partial charge in [0.25, 0.3) is 0 Å². The largest absolute Gasteiger partial charge is 0.489 e. The van der Waals surface area contributed by atoms with Gasteiger partial charge in [0, 0.05) is 16.1 Å². The van der Waals surface area contributed by atoms with Crippen LogP contribution in [0.15, 0.2) is 46.9 Å². The first-order valence-electron chi connectivity index (χ1n) is 10.2. The van der Waals surface area contributed by atoms with Gasteiger partial charge in [0.2, 0.25) is 5.69 Å². The van der Waals surface area contributed by atoms with Gasteiger partial charge >= 0.3 is 6.09 Å². The fraction of sp³-hybridized carbons (Fsp3) is 0.292. The number of anilines is 1. The van der Waals surface area contributed by atoms with Gasteiger partial charge < -0.3 is 9.47 Å². The van der Waals surface area contributed by atoms with Crippen LogP contribution >= 0.6 is 15.9 Å². The maximum atomic E-state index is 14.4. The maximum Gasteiger partial charge on any atom is 0.413 e. The third-order valence-corrected chi connectivity index (χ3v) is 4.71. The Bertz CT molecular complexity index is 1230. The summed E-state index contributed by atoms with van der Waals surface area (Å²) in [5, 5.41) is 7.15. The van der Waals surface area contributed by atoms with E-state index in [2.05, 4.69) is 31.2 Å². The Balaban J connectivity index is 2.14. The number of benzene rings is 2. The van der Waals surface area contributed by atoms with Crippen LogP contribution in [0.5, 0.6) is 5.75 Å². The first-order chi connectivity index (χ1) is 15.5. The summed E-state index contributed by atoms with van der Waals surface area (Å²) >= 11 is 3.45. The van der Waals surface area contributed by atoms with Crippen LogP contribution in [-0.2, 0) is 4.74 Å². The Kier molecular flexibility index (Phi) is 7.08. The molecule has 0 spiro atoms. The zero-order chi connectivity index (χ0) is 24.3. The van der Waals surface area contributed by atoms with Gasteiger partial charge in [0.05, 0.1) is 18.4 Å². The van der Waals surface area contributed by atoms with Crippen LogP contribution in [0, 0.1) is 12.4 Å². The van der Waals surface area contributed by atoms with Crippen molar-refractivity contribution in [1.29, 1.82) is 0 Å². The molecule has 0 bridgehead atoms. The standard InChI is InChI=1S/C24H24BrFN4O3/c1-14(2)32-21-12-16(25)8-10-19(21)30-20(15-7-9-18(27-6)17(26)11-15)13-22(29-30)28-23(31)33-24(3,4)5/h7-14H,1-5H3,(H,28,29,31). The van der Waals surface area contributed by atoms with Crippen molar-refractivity contribution in [3.05, 3.63) is 64.2 Å². The molecule has 172 valence electrons. The molecule has 3 aromatic rings. The zero-order valence-electron chi connectivity index (χ0n) is 18.9. The second-order valence-electron chi connectivity index (χ2n) is 8.51. The molecule has 0 aliphatic carbocycles. The van der Waals surface area contributed by atoms with Crippen LogP contribution in [0.25, 0.3) is 21.8 Å². The fourth-order valence-corrected chi connectivity index (χ4v) is 3.35. The summed E-state index contributed by atoms with van der Waals surface area (Å²) in [7, 11) is 0. The molecule has 0 radical (unpaired) electrons. The Labute approximate surface area is 200 Å². The predicted molar refractivity (Wildman–Crippen MR) is 129 cm³/mol. The quantitative estimate of drug-likeness (QED) is 0.367. The number of amides is 1. The Morgan fingerprint density at radius 1 is 1.21 bits per heavy atom. The lowest BCUT2D eigenvalue weighted by molar-refractivity contribution is 0.0635. The Morgan fingerprint density at radius 3 is 2.55 bits per heavy atom. The second-order valence-corrected chi connectivity index (χ2v) is 9.43. The monoisotopic (exact) mass is 514 g/mol. The van der Waals surface area contributed by atoms with Gasteiger partial charge in [-0.15, -0.1) is 5.10 Å². The number of carbonyl (C=O) groups excluding carboxylic acids is 1. The summed E-state index contributed by atoms with van der Waals surface area (Å²) in [5.41, 5.74) is 0.798. The van der Waals surface area contributed by atoms with Crippen LogP contribution < -0.4 is 10.1 Å². The van der Waals surface area contributed by atoms with E-state index < -0.39 is 17.5 Å².